The number of ether oxygens (including phenoxy) is 2. The number of imidazole rings is 1. The normalized spacial score (nSPS) is 18.7. The molecule has 2 heterocycles. The number of H-pyrrole nitrogens is 1. The zero-order valence-electron chi connectivity index (χ0n) is 14.3. The number of rotatable bonds is 6. The van der Waals surface area contributed by atoms with Crippen molar-refractivity contribution in [3.05, 3.63) is 47.0 Å². The fourth-order valence-corrected chi connectivity index (χ4v) is 3.07. The van der Waals surface area contributed by atoms with Crippen LogP contribution in [0.1, 0.15) is 35.6 Å². The number of morpholine rings is 1. The number of aliphatic hydroxyl groups excluding tert-OH is 1. The summed E-state index contributed by atoms with van der Waals surface area (Å²) in [7, 11) is 0. The Labute approximate surface area is 142 Å². The first-order valence-corrected chi connectivity index (χ1v) is 8.40. The van der Waals surface area contributed by atoms with Crippen LogP contribution in [0.2, 0.25) is 0 Å². The second kappa shape index (κ2) is 7.79. The number of hydrogen-bond acceptors (Lipinski definition) is 5. The average molecular weight is 331 g/mol. The van der Waals surface area contributed by atoms with Crippen LogP contribution in [0.5, 0.6) is 5.75 Å². The Hall–Kier alpha value is -1.89. The highest BCUT2D eigenvalue weighted by Crippen LogP contribution is 2.26. The first-order chi connectivity index (χ1) is 11.7. The lowest BCUT2D eigenvalue weighted by Crippen LogP contribution is -2.39. The summed E-state index contributed by atoms with van der Waals surface area (Å²) < 4.78 is 11.2. The topological polar surface area (TPSA) is 70.6 Å². The molecule has 1 unspecified atom stereocenters. The average Bonchev–Trinajstić information content (AvgIpc) is 3.03. The van der Waals surface area contributed by atoms with Crippen LogP contribution in [-0.2, 0) is 17.9 Å². The van der Waals surface area contributed by atoms with E-state index in [-0.39, 0.29) is 12.6 Å². The number of benzene rings is 1. The Morgan fingerprint density at radius 3 is 3.04 bits per heavy atom. The summed E-state index contributed by atoms with van der Waals surface area (Å²) in [6.07, 6.45) is 1.85. The molecule has 2 aromatic rings. The number of aliphatic hydroxyl groups is 1. The number of aromatic amines is 1. The second-order valence-electron chi connectivity index (χ2n) is 6.05. The van der Waals surface area contributed by atoms with E-state index in [0.29, 0.717) is 13.2 Å². The van der Waals surface area contributed by atoms with Gasteiger partial charge in [0.25, 0.3) is 0 Å². The number of aromatic nitrogens is 2. The third-order valence-electron chi connectivity index (χ3n) is 4.26. The maximum atomic E-state index is 9.58. The van der Waals surface area contributed by atoms with Crippen LogP contribution in [0.4, 0.5) is 0 Å². The predicted molar refractivity (Wildman–Crippen MR) is 90.8 cm³/mol. The van der Waals surface area contributed by atoms with Crippen molar-refractivity contribution in [3.63, 3.8) is 0 Å². The Kier molecular flexibility index (Phi) is 5.50. The molecular weight excluding hydrogens is 306 g/mol. The maximum absolute atomic E-state index is 9.58. The minimum atomic E-state index is -0.0207. The van der Waals surface area contributed by atoms with Crippen LogP contribution in [-0.4, -0.2) is 46.3 Å². The summed E-state index contributed by atoms with van der Waals surface area (Å²) >= 11 is 0. The van der Waals surface area contributed by atoms with Crippen molar-refractivity contribution < 1.29 is 14.6 Å². The zero-order valence-corrected chi connectivity index (χ0v) is 14.3. The van der Waals surface area contributed by atoms with E-state index in [9.17, 15) is 5.11 Å². The van der Waals surface area contributed by atoms with Gasteiger partial charge in [0.1, 0.15) is 11.6 Å². The van der Waals surface area contributed by atoms with Crippen LogP contribution in [0, 0.1) is 6.92 Å². The van der Waals surface area contributed by atoms with Crippen LogP contribution < -0.4 is 4.74 Å². The molecule has 0 saturated carbocycles. The molecule has 0 aliphatic carbocycles. The summed E-state index contributed by atoms with van der Waals surface area (Å²) in [5.41, 5.74) is 3.03. The monoisotopic (exact) mass is 331 g/mol. The smallest absolute Gasteiger partial charge is 0.126 e. The molecule has 1 aliphatic heterocycles. The van der Waals surface area contributed by atoms with E-state index in [2.05, 4.69) is 20.9 Å². The molecule has 0 amide bonds. The zero-order chi connectivity index (χ0) is 16.9. The van der Waals surface area contributed by atoms with Gasteiger partial charge in [-0.25, -0.2) is 4.98 Å². The largest absolute Gasteiger partial charge is 0.494 e. The van der Waals surface area contributed by atoms with Gasteiger partial charge in [-0.1, -0.05) is 6.07 Å². The summed E-state index contributed by atoms with van der Waals surface area (Å²) in [5.74, 6) is 1.70. The molecule has 6 nitrogen and oxygen atoms in total. The third-order valence-corrected chi connectivity index (χ3v) is 4.26. The second-order valence-corrected chi connectivity index (χ2v) is 6.05. The Morgan fingerprint density at radius 2 is 2.33 bits per heavy atom. The van der Waals surface area contributed by atoms with Gasteiger partial charge in [-0.15, -0.1) is 0 Å². The highest BCUT2D eigenvalue weighted by Gasteiger charge is 2.27. The molecule has 0 spiro atoms. The van der Waals surface area contributed by atoms with Crippen molar-refractivity contribution >= 4 is 0 Å². The minimum absolute atomic E-state index is 0.0207. The minimum Gasteiger partial charge on any atom is -0.494 e. The van der Waals surface area contributed by atoms with Crippen LogP contribution in [0.15, 0.2) is 24.4 Å². The number of hydrogen-bond donors (Lipinski definition) is 2. The van der Waals surface area contributed by atoms with E-state index in [0.717, 1.165) is 48.1 Å². The summed E-state index contributed by atoms with van der Waals surface area (Å²) in [6, 6.07) is 6.14. The first kappa shape index (κ1) is 17.0. The molecule has 1 atom stereocenters. The quantitative estimate of drug-likeness (QED) is 0.849. The fraction of sp³-hybridized carbons (Fsp3) is 0.500. The summed E-state index contributed by atoms with van der Waals surface area (Å²) in [5, 5.41) is 9.58. The van der Waals surface area contributed by atoms with Gasteiger partial charge in [-0.2, -0.15) is 0 Å². The molecule has 2 N–H and O–H groups in total. The molecule has 1 fully saturated rings. The van der Waals surface area contributed by atoms with E-state index in [1.807, 2.05) is 32.2 Å². The maximum Gasteiger partial charge on any atom is 0.126 e. The van der Waals surface area contributed by atoms with Gasteiger partial charge >= 0.3 is 0 Å². The molecule has 130 valence electrons. The van der Waals surface area contributed by atoms with Gasteiger partial charge in [-0.05, 0) is 31.5 Å². The first-order valence-electron chi connectivity index (χ1n) is 8.40. The standard InChI is InChI=1S/C18H25N3O3/c1-3-24-17-5-4-14(8-15(17)11-22)10-21-6-7-23-12-16(21)18-19-9-13(2)20-18/h4-5,8-9,16,22H,3,6-7,10-12H2,1-2H3,(H,19,20). The molecule has 1 aromatic heterocycles. The molecule has 0 bridgehead atoms. The van der Waals surface area contributed by atoms with Gasteiger partial charge in [0.15, 0.2) is 0 Å². The van der Waals surface area contributed by atoms with E-state index in [1.165, 1.54) is 0 Å². The highest BCUT2D eigenvalue weighted by molar-refractivity contribution is 5.37. The van der Waals surface area contributed by atoms with Gasteiger partial charge in [0.05, 0.1) is 32.5 Å². The molecule has 1 aromatic carbocycles. The molecule has 3 rings (SSSR count). The van der Waals surface area contributed by atoms with Crippen molar-refractivity contribution in [2.75, 3.05) is 26.4 Å². The lowest BCUT2D eigenvalue weighted by atomic mass is 10.1. The van der Waals surface area contributed by atoms with E-state index in [4.69, 9.17) is 9.47 Å². The molecule has 6 heteroatoms. The van der Waals surface area contributed by atoms with Crippen LogP contribution in [0.3, 0.4) is 0 Å². The summed E-state index contributed by atoms with van der Waals surface area (Å²) in [4.78, 5) is 10.1. The van der Waals surface area contributed by atoms with E-state index >= 15 is 0 Å². The molecule has 24 heavy (non-hydrogen) atoms. The van der Waals surface area contributed by atoms with Crippen molar-refractivity contribution in [3.8, 4) is 5.75 Å². The van der Waals surface area contributed by atoms with Gasteiger partial charge in [-0.3, -0.25) is 4.90 Å². The van der Waals surface area contributed by atoms with Gasteiger partial charge < -0.3 is 19.6 Å². The highest BCUT2D eigenvalue weighted by atomic mass is 16.5. The molecule has 1 aliphatic rings. The number of nitrogens with zero attached hydrogens (tertiary/aromatic N) is 2. The number of nitrogens with one attached hydrogen (secondary N) is 1. The Morgan fingerprint density at radius 1 is 1.46 bits per heavy atom. The van der Waals surface area contributed by atoms with Gasteiger partial charge in [0, 0.05) is 30.5 Å². The number of aryl methyl sites for hydroxylation is 1. The Bertz CT molecular complexity index is 671. The predicted octanol–water partition coefficient (Wildman–Crippen LogP) is 2.18. The lowest BCUT2D eigenvalue weighted by molar-refractivity contribution is -0.0156. The van der Waals surface area contributed by atoms with Crippen LogP contribution in [0.25, 0.3) is 0 Å². The van der Waals surface area contributed by atoms with E-state index < -0.39 is 0 Å². The third kappa shape index (κ3) is 3.77. The van der Waals surface area contributed by atoms with Crippen LogP contribution >= 0.6 is 0 Å². The Balaban J connectivity index is 1.77. The lowest BCUT2D eigenvalue weighted by Gasteiger charge is -2.34. The SMILES string of the molecule is CCOc1ccc(CN2CCOCC2c2ncc(C)[nH]2)cc1CO. The van der Waals surface area contributed by atoms with Crippen molar-refractivity contribution in [1.82, 2.24) is 14.9 Å². The van der Waals surface area contributed by atoms with E-state index in [1.54, 1.807) is 0 Å². The van der Waals surface area contributed by atoms with Gasteiger partial charge in [0.2, 0.25) is 0 Å². The molecular formula is C18H25N3O3. The van der Waals surface area contributed by atoms with Crippen molar-refractivity contribution in [2.45, 2.75) is 33.0 Å². The summed E-state index contributed by atoms with van der Waals surface area (Å²) in [6.45, 7) is 7.52. The van der Waals surface area contributed by atoms with Crippen molar-refractivity contribution in [2.24, 2.45) is 0 Å². The fourth-order valence-electron chi connectivity index (χ4n) is 3.07. The molecule has 1 saturated heterocycles. The molecule has 0 radical (unpaired) electrons. The van der Waals surface area contributed by atoms with Crippen molar-refractivity contribution in [1.29, 1.82) is 0 Å².